The van der Waals surface area contributed by atoms with Crippen LogP contribution in [0.25, 0.3) is 0 Å². The summed E-state index contributed by atoms with van der Waals surface area (Å²) in [5.74, 6) is -0.337. The summed E-state index contributed by atoms with van der Waals surface area (Å²) in [4.78, 5) is 18.7. The molecule has 1 fully saturated rings. The molecule has 0 spiro atoms. The smallest absolute Gasteiger partial charge is 0.243 e. The third kappa shape index (κ3) is 5.21. The number of fused-ring (bicyclic) bond motifs is 1. The Morgan fingerprint density at radius 3 is 2.61 bits per heavy atom. The Balaban J connectivity index is 1.29. The summed E-state index contributed by atoms with van der Waals surface area (Å²) in [5.41, 5.74) is 1.96. The minimum absolute atomic E-state index is 0.0409. The number of carbonyl (C=O) groups excluding carboxylic acids is 1. The third-order valence-electron chi connectivity index (χ3n) is 6.83. The van der Waals surface area contributed by atoms with E-state index in [9.17, 15) is 17.6 Å². The average molecular weight is 548 g/mol. The van der Waals surface area contributed by atoms with E-state index < -0.39 is 10.0 Å². The van der Waals surface area contributed by atoms with E-state index in [4.69, 9.17) is 11.6 Å². The lowest BCUT2D eigenvalue weighted by atomic mass is 9.93. The average Bonchev–Trinajstić information content (AvgIpc) is 3.18. The fourth-order valence-electron chi connectivity index (χ4n) is 5.02. The fourth-order valence-corrected chi connectivity index (χ4v) is 7.52. The highest BCUT2D eigenvalue weighted by Gasteiger charge is 2.33. The summed E-state index contributed by atoms with van der Waals surface area (Å²) < 4.78 is 41.7. The maximum Gasteiger partial charge on any atom is 0.243 e. The lowest BCUT2D eigenvalue weighted by Crippen LogP contribution is -2.45. The summed E-state index contributed by atoms with van der Waals surface area (Å²) >= 11 is 7.61. The summed E-state index contributed by atoms with van der Waals surface area (Å²) in [7, 11) is -3.66. The molecule has 3 heterocycles. The summed E-state index contributed by atoms with van der Waals surface area (Å²) in [6.45, 7) is 2.30. The molecule has 1 saturated heterocycles. The number of amides is 1. The Bertz CT molecular complexity index is 1350. The number of benzene rings is 2. The Kier molecular flexibility index (Phi) is 7.46. The van der Waals surface area contributed by atoms with Crippen LogP contribution < -0.4 is 0 Å². The Labute approximate surface area is 219 Å². The number of rotatable bonds is 5. The Morgan fingerprint density at radius 1 is 1.03 bits per heavy atom. The highest BCUT2D eigenvalue weighted by molar-refractivity contribution is 7.89. The molecule has 1 atom stereocenters. The zero-order valence-corrected chi connectivity index (χ0v) is 22.0. The van der Waals surface area contributed by atoms with E-state index in [2.05, 4.69) is 11.0 Å². The summed E-state index contributed by atoms with van der Waals surface area (Å²) in [6, 6.07) is 14.6. The van der Waals surface area contributed by atoms with Crippen LogP contribution in [-0.2, 0) is 21.2 Å². The molecule has 10 heteroatoms. The molecule has 0 bridgehead atoms. The van der Waals surface area contributed by atoms with Gasteiger partial charge in [0.25, 0.3) is 0 Å². The predicted molar refractivity (Wildman–Crippen MR) is 139 cm³/mol. The predicted octanol–water partition coefficient (Wildman–Crippen LogP) is 4.41. The molecular formula is C26H27ClFN3O3S2. The number of hydrogen-bond acceptors (Lipinski definition) is 5. The molecule has 0 radical (unpaired) electrons. The van der Waals surface area contributed by atoms with Gasteiger partial charge in [-0.15, -0.1) is 11.3 Å². The number of nitrogens with zero attached hydrogens (tertiary/aromatic N) is 3. The van der Waals surface area contributed by atoms with Crippen LogP contribution in [0.4, 0.5) is 4.39 Å². The van der Waals surface area contributed by atoms with Crippen molar-refractivity contribution in [3.8, 4) is 0 Å². The first kappa shape index (κ1) is 25.4. The first-order valence-corrected chi connectivity index (χ1v) is 14.6. The van der Waals surface area contributed by atoms with Gasteiger partial charge in [0.2, 0.25) is 15.9 Å². The van der Waals surface area contributed by atoms with E-state index >= 15 is 0 Å². The molecule has 0 aliphatic carbocycles. The van der Waals surface area contributed by atoms with Crippen LogP contribution in [0.2, 0.25) is 5.02 Å². The van der Waals surface area contributed by atoms with Gasteiger partial charge in [-0.05, 0) is 71.8 Å². The van der Waals surface area contributed by atoms with Gasteiger partial charge in [-0.25, -0.2) is 12.8 Å². The van der Waals surface area contributed by atoms with Gasteiger partial charge in [0.1, 0.15) is 5.82 Å². The summed E-state index contributed by atoms with van der Waals surface area (Å²) in [6.07, 6.45) is 1.40. The van der Waals surface area contributed by atoms with Gasteiger partial charge >= 0.3 is 0 Å². The number of thiophene rings is 1. The van der Waals surface area contributed by atoms with E-state index in [1.54, 1.807) is 40.5 Å². The van der Waals surface area contributed by atoms with Crippen molar-refractivity contribution in [3.05, 3.63) is 86.8 Å². The maximum absolute atomic E-state index is 14.1. The molecule has 2 aromatic carbocycles. The second-order valence-electron chi connectivity index (χ2n) is 9.07. The standard InChI is InChI=1S/C26H27ClFN3O3S2/c27-20-5-7-22(8-6-20)36(33,34)31-12-2-11-29(14-15-31)25(32)18-30-13-9-24-23(10-16-35-24)26(30)19-3-1-4-21(28)17-19/h1,3-8,10,16-17,26H,2,9,11-15,18H2. The number of hydrogen-bond donors (Lipinski definition) is 0. The van der Waals surface area contributed by atoms with Crippen molar-refractivity contribution >= 4 is 38.9 Å². The molecule has 1 amide bonds. The molecule has 6 nitrogen and oxygen atoms in total. The lowest BCUT2D eigenvalue weighted by molar-refractivity contribution is -0.132. The number of halogens is 2. The summed E-state index contributed by atoms with van der Waals surface area (Å²) in [5, 5.41) is 2.53. The second kappa shape index (κ2) is 10.6. The van der Waals surface area contributed by atoms with Crippen molar-refractivity contribution < 1.29 is 17.6 Å². The lowest BCUT2D eigenvalue weighted by Gasteiger charge is -2.37. The van der Waals surface area contributed by atoms with Crippen molar-refractivity contribution in [1.29, 1.82) is 0 Å². The molecule has 3 aromatic rings. The molecule has 5 rings (SSSR count). The van der Waals surface area contributed by atoms with Crippen LogP contribution in [0.3, 0.4) is 0 Å². The van der Waals surface area contributed by atoms with Crippen LogP contribution in [0.1, 0.15) is 28.5 Å². The number of sulfonamides is 1. The van der Waals surface area contributed by atoms with Gasteiger partial charge in [-0.3, -0.25) is 9.69 Å². The van der Waals surface area contributed by atoms with Crippen molar-refractivity contribution in [2.45, 2.75) is 23.8 Å². The zero-order valence-electron chi connectivity index (χ0n) is 19.6. The van der Waals surface area contributed by atoms with Crippen LogP contribution in [-0.4, -0.2) is 67.7 Å². The van der Waals surface area contributed by atoms with Crippen LogP contribution in [0.15, 0.2) is 64.9 Å². The maximum atomic E-state index is 14.1. The van der Waals surface area contributed by atoms with Gasteiger partial charge in [0.05, 0.1) is 17.5 Å². The molecule has 2 aliphatic rings. The molecule has 2 aliphatic heterocycles. The van der Waals surface area contributed by atoms with E-state index in [1.807, 2.05) is 11.4 Å². The Morgan fingerprint density at radius 2 is 1.83 bits per heavy atom. The first-order chi connectivity index (χ1) is 17.3. The van der Waals surface area contributed by atoms with Gasteiger partial charge in [0, 0.05) is 42.6 Å². The highest BCUT2D eigenvalue weighted by atomic mass is 35.5. The molecule has 0 saturated carbocycles. The minimum Gasteiger partial charge on any atom is -0.340 e. The Hall–Kier alpha value is -2.30. The first-order valence-electron chi connectivity index (χ1n) is 11.9. The van der Waals surface area contributed by atoms with Gasteiger partial charge in [-0.2, -0.15) is 4.31 Å². The monoisotopic (exact) mass is 547 g/mol. The molecule has 1 aromatic heterocycles. The van der Waals surface area contributed by atoms with Gasteiger partial charge < -0.3 is 4.90 Å². The third-order valence-corrected chi connectivity index (χ3v) is 9.99. The number of carbonyl (C=O) groups is 1. The van der Waals surface area contributed by atoms with E-state index in [1.165, 1.54) is 27.4 Å². The van der Waals surface area contributed by atoms with E-state index in [0.717, 1.165) is 17.5 Å². The zero-order chi connectivity index (χ0) is 25.3. The van der Waals surface area contributed by atoms with Crippen molar-refractivity contribution in [3.63, 3.8) is 0 Å². The van der Waals surface area contributed by atoms with Gasteiger partial charge in [-0.1, -0.05) is 23.7 Å². The van der Waals surface area contributed by atoms with Crippen LogP contribution in [0.5, 0.6) is 0 Å². The normalized spacial score (nSPS) is 19.6. The van der Waals surface area contributed by atoms with Crippen LogP contribution in [0, 0.1) is 5.82 Å². The van der Waals surface area contributed by atoms with Gasteiger partial charge in [0.15, 0.2) is 0 Å². The molecule has 190 valence electrons. The largest absolute Gasteiger partial charge is 0.340 e. The topological polar surface area (TPSA) is 60.9 Å². The fraction of sp³-hybridized carbons (Fsp3) is 0.346. The quantitative estimate of drug-likeness (QED) is 0.475. The van der Waals surface area contributed by atoms with E-state index in [0.29, 0.717) is 37.6 Å². The molecular weight excluding hydrogens is 521 g/mol. The highest BCUT2D eigenvalue weighted by Crippen LogP contribution is 2.37. The minimum atomic E-state index is -3.66. The van der Waals surface area contributed by atoms with Crippen molar-refractivity contribution in [1.82, 2.24) is 14.1 Å². The van der Waals surface area contributed by atoms with Crippen molar-refractivity contribution in [2.24, 2.45) is 0 Å². The molecule has 1 unspecified atom stereocenters. The van der Waals surface area contributed by atoms with Crippen LogP contribution >= 0.6 is 22.9 Å². The second-order valence-corrected chi connectivity index (χ2v) is 12.4. The molecule has 0 N–H and O–H groups in total. The van der Waals surface area contributed by atoms with E-state index in [-0.39, 0.29) is 35.8 Å². The molecule has 36 heavy (non-hydrogen) atoms. The SMILES string of the molecule is O=C(CN1CCc2sccc2C1c1cccc(F)c1)N1CCCN(S(=O)(=O)c2ccc(Cl)cc2)CC1. The van der Waals surface area contributed by atoms with Crippen molar-refractivity contribution in [2.75, 3.05) is 39.3 Å².